The van der Waals surface area contributed by atoms with E-state index in [4.69, 9.17) is 0 Å². The number of nitrogens with one attached hydrogen (secondary N) is 1. The Bertz CT molecular complexity index is 970. The molecule has 2 heteroatoms. The molecule has 1 N–H and O–H groups in total. The zero-order valence-electron chi connectivity index (χ0n) is 15.9. The van der Waals surface area contributed by atoms with Crippen LogP contribution < -0.4 is 5.32 Å². The third-order valence-electron chi connectivity index (χ3n) is 6.77. The molecule has 0 aliphatic heterocycles. The van der Waals surface area contributed by atoms with Crippen LogP contribution in [-0.2, 0) is 4.79 Å². The average Bonchev–Trinajstić information content (AvgIpc) is 2.70. The molecule has 2 aromatic carbocycles. The Morgan fingerprint density at radius 2 is 1.70 bits per heavy atom. The van der Waals surface area contributed by atoms with Gasteiger partial charge in [-0.15, -0.1) is 0 Å². The molecule has 6 rings (SSSR count). The molecule has 2 bridgehead atoms. The van der Waals surface area contributed by atoms with E-state index >= 15 is 0 Å². The maximum absolute atomic E-state index is 13.3. The molecule has 2 nitrogen and oxygen atoms in total. The highest BCUT2D eigenvalue weighted by Crippen LogP contribution is 2.59. The molecule has 2 aromatic rings. The first kappa shape index (κ1) is 16.6. The molecule has 0 saturated heterocycles. The summed E-state index contributed by atoms with van der Waals surface area (Å²) in [4.78, 5) is 13.3. The zero-order chi connectivity index (χ0) is 18.5. The van der Waals surface area contributed by atoms with Crippen molar-refractivity contribution in [1.82, 2.24) is 0 Å². The van der Waals surface area contributed by atoms with Crippen molar-refractivity contribution < 1.29 is 4.79 Å². The van der Waals surface area contributed by atoms with E-state index in [0.717, 1.165) is 17.7 Å². The third kappa shape index (κ3) is 2.58. The number of carbonyl (C=O) groups is 1. The molecule has 4 aliphatic carbocycles. The van der Waals surface area contributed by atoms with Crippen molar-refractivity contribution in [2.75, 3.05) is 5.32 Å². The molecule has 4 aliphatic rings. The van der Waals surface area contributed by atoms with Gasteiger partial charge in [-0.2, -0.15) is 0 Å². The molecule has 1 fully saturated rings. The fraction of sp³-hybridized carbons (Fsp3) is 0.320. The molecule has 0 radical (unpaired) electrons. The molecule has 1 saturated carbocycles. The largest absolute Gasteiger partial charge is 0.326 e. The highest BCUT2D eigenvalue weighted by Gasteiger charge is 2.51. The second-order valence-corrected chi connectivity index (χ2v) is 8.34. The lowest BCUT2D eigenvalue weighted by Gasteiger charge is -2.52. The van der Waals surface area contributed by atoms with Crippen LogP contribution >= 0.6 is 0 Å². The Balaban J connectivity index is 1.50. The Morgan fingerprint density at radius 1 is 0.963 bits per heavy atom. The molecular weight excluding hydrogens is 330 g/mol. The summed E-state index contributed by atoms with van der Waals surface area (Å²) in [6.07, 6.45) is 9.96. The highest BCUT2D eigenvalue weighted by molar-refractivity contribution is 5.94. The van der Waals surface area contributed by atoms with Gasteiger partial charge in [0.2, 0.25) is 5.91 Å². The smallest absolute Gasteiger partial charge is 0.228 e. The maximum Gasteiger partial charge on any atom is 0.228 e. The molecule has 5 atom stereocenters. The summed E-state index contributed by atoms with van der Waals surface area (Å²) in [7, 11) is 0. The number of hydrogen-bond donors (Lipinski definition) is 1. The molecular formula is C25H25NO. The minimum atomic E-state index is 0.0306. The monoisotopic (exact) mass is 355 g/mol. The number of amides is 1. The predicted octanol–water partition coefficient (Wildman–Crippen LogP) is 5.50. The fourth-order valence-corrected chi connectivity index (χ4v) is 5.61. The summed E-state index contributed by atoms with van der Waals surface area (Å²) in [6, 6.07) is 15.0. The molecule has 136 valence electrons. The summed E-state index contributed by atoms with van der Waals surface area (Å²) in [5, 5.41) is 3.24. The lowest BCUT2D eigenvalue weighted by atomic mass is 9.51. The van der Waals surface area contributed by atoms with Gasteiger partial charge in [0.1, 0.15) is 0 Å². The molecule has 0 aromatic heterocycles. The van der Waals surface area contributed by atoms with Gasteiger partial charge in [-0.05, 0) is 60.8 Å². The molecule has 0 heterocycles. The number of aryl methyl sites for hydroxylation is 2. The van der Waals surface area contributed by atoms with Crippen LogP contribution in [0.4, 0.5) is 5.69 Å². The maximum atomic E-state index is 13.3. The molecule has 0 unspecified atom stereocenters. The second-order valence-electron chi connectivity index (χ2n) is 8.34. The van der Waals surface area contributed by atoms with Crippen LogP contribution in [0.25, 0.3) is 0 Å². The first-order valence-corrected chi connectivity index (χ1v) is 9.95. The van der Waals surface area contributed by atoms with Crippen LogP contribution in [0.1, 0.15) is 40.5 Å². The Morgan fingerprint density at radius 3 is 2.48 bits per heavy atom. The van der Waals surface area contributed by atoms with E-state index in [1.807, 2.05) is 6.07 Å². The number of benzene rings is 2. The van der Waals surface area contributed by atoms with Gasteiger partial charge < -0.3 is 5.32 Å². The molecule has 27 heavy (non-hydrogen) atoms. The van der Waals surface area contributed by atoms with Crippen molar-refractivity contribution in [2.24, 2.45) is 17.8 Å². The predicted molar refractivity (Wildman–Crippen MR) is 110 cm³/mol. The quantitative estimate of drug-likeness (QED) is 0.757. The van der Waals surface area contributed by atoms with Crippen molar-refractivity contribution in [3.8, 4) is 0 Å². The van der Waals surface area contributed by atoms with Crippen molar-refractivity contribution >= 4 is 11.6 Å². The van der Waals surface area contributed by atoms with Crippen molar-refractivity contribution in [3.05, 3.63) is 89.0 Å². The van der Waals surface area contributed by atoms with E-state index in [-0.39, 0.29) is 17.7 Å². The van der Waals surface area contributed by atoms with Crippen LogP contribution in [0.2, 0.25) is 0 Å². The lowest BCUT2D eigenvalue weighted by molar-refractivity contribution is -0.122. The van der Waals surface area contributed by atoms with E-state index < -0.39 is 0 Å². The van der Waals surface area contributed by atoms with Gasteiger partial charge in [0.05, 0.1) is 0 Å². The van der Waals surface area contributed by atoms with Gasteiger partial charge in [-0.1, -0.05) is 66.3 Å². The van der Waals surface area contributed by atoms with Crippen LogP contribution in [0, 0.1) is 31.6 Å². The van der Waals surface area contributed by atoms with Crippen LogP contribution in [-0.4, -0.2) is 5.91 Å². The summed E-state index contributed by atoms with van der Waals surface area (Å²) in [5.74, 6) is 1.87. The Hall–Kier alpha value is -2.61. The fourth-order valence-electron chi connectivity index (χ4n) is 5.61. The standard InChI is InChI=1S/C25H25NO/c1-15-11-12-23(16(2)13-15)26-25(27)22-14-21-17-7-3-5-9-19(17)24(22)20-10-6-4-8-18(20)21/h3-13,17,19,21-22,24H,14H2,1-2H3,(H,26,27)/t17-,19-,21+,22-,24-/m0/s1. The Kier molecular flexibility index (Phi) is 3.82. The average molecular weight is 355 g/mol. The number of fused-ring (bicyclic) bond motifs is 1. The second kappa shape index (κ2) is 6.23. The van der Waals surface area contributed by atoms with Gasteiger partial charge in [0.25, 0.3) is 0 Å². The van der Waals surface area contributed by atoms with Crippen molar-refractivity contribution in [1.29, 1.82) is 0 Å². The topological polar surface area (TPSA) is 29.1 Å². The van der Waals surface area contributed by atoms with E-state index in [2.05, 4.69) is 79.9 Å². The van der Waals surface area contributed by atoms with Gasteiger partial charge in [-0.3, -0.25) is 4.79 Å². The van der Waals surface area contributed by atoms with Crippen LogP contribution in [0.15, 0.2) is 66.8 Å². The summed E-state index contributed by atoms with van der Waals surface area (Å²) >= 11 is 0. The third-order valence-corrected chi connectivity index (χ3v) is 6.77. The first-order valence-electron chi connectivity index (χ1n) is 9.95. The molecule has 0 spiro atoms. The summed E-state index contributed by atoms with van der Waals surface area (Å²) in [5.41, 5.74) is 6.13. The van der Waals surface area contributed by atoms with Gasteiger partial charge in [-0.25, -0.2) is 0 Å². The van der Waals surface area contributed by atoms with Crippen LogP contribution in [0.3, 0.4) is 0 Å². The number of carbonyl (C=O) groups excluding carboxylic acids is 1. The summed E-state index contributed by atoms with van der Waals surface area (Å²) in [6.45, 7) is 4.15. The Labute approximate surface area is 161 Å². The minimum absolute atomic E-state index is 0.0306. The van der Waals surface area contributed by atoms with Gasteiger partial charge >= 0.3 is 0 Å². The number of allylic oxidation sites excluding steroid dienone is 4. The van der Waals surface area contributed by atoms with E-state index in [1.54, 1.807) is 0 Å². The lowest BCUT2D eigenvalue weighted by Crippen LogP contribution is -2.46. The SMILES string of the molecule is Cc1ccc(NC(=O)[C@H]2C[C@H]3c4ccccc4[C@@H]2[C@H]2C=CC=C[C@@H]23)c(C)c1. The zero-order valence-corrected chi connectivity index (χ0v) is 15.9. The van der Waals surface area contributed by atoms with Gasteiger partial charge in [0.15, 0.2) is 0 Å². The first-order chi connectivity index (χ1) is 13.1. The van der Waals surface area contributed by atoms with E-state index in [9.17, 15) is 4.79 Å². The normalized spacial score (nSPS) is 29.9. The van der Waals surface area contributed by atoms with Crippen molar-refractivity contribution in [3.63, 3.8) is 0 Å². The minimum Gasteiger partial charge on any atom is -0.326 e. The number of rotatable bonds is 2. The van der Waals surface area contributed by atoms with E-state index in [0.29, 0.717) is 17.8 Å². The van der Waals surface area contributed by atoms with Crippen molar-refractivity contribution in [2.45, 2.75) is 32.1 Å². The number of hydrogen-bond acceptors (Lipinski definition) is 1. The highest BCUT2D eigenvalue weighted by atomic mass is 16.1. The number of anilines is 1. The summed E-state index contributed by atoms with van der Waals surface area (Å²) < 4.78 is 0. The van der Waals surface area contributed by atoms with E-state index in [1.165, 1.54) is 16.7 Å². The molecule has 1 amide bonds. The van der Waals surface area contributed by atoms with Gasteiger partial charge in [0, 0.05) is 17.5 Å². The van der Waals surface area contributed by atoms with Crippen LogP contribution in [0.5, 0.6) is 0 Å².